The van der Waals surface area contributed by atoms with Crippen molar-refractivity contribution in [2.75, 3.05) is 13.2 Å². The average Bonchev–Trinajstić information content (AvgIpc) is 2.70. The summed E-state index contributed by atoms with van der Waals surface area (Å²) in [5.74, 6) is 0. The lowest BCUT2D eigenvalue weighted by Crippen LogP contribution is -2.58. The Morgan fingerprint density at radius 1 is 1.17 bits per heavy atom. The largest absolute Gasteiger partial charge is 0.386 e. The van der Waals surface area contributed by atoms with Gasteiger partial charge in [0.05, 0.1) is 6.10 Å². The molecule has 0 bridgehead atoms. The summed E-state index contributed by atoms with van der Waals surface area (Å²) in [4.78, 5) is 0. The van der Waals surface area contributed by atoms with Gasteiger partial charge in [0.1, 0.15) is 5.60 Å². The van der Waals surface area contributed by atoms with Gasteiger partial charge in [0.2, 0.25) is 0 Å². The molecule has 3 atom stereocenters. The highest BCUT2D eigenvalue weighted by molar-refractivity contribution is 5.03. The van der Waals surface area contributed by atoms with Gasteiger partial charge in [-0.2, -0.15) is 0 Å². The van der Waals surface area contributed by atoms with E-state index in [-0.39, 0.29) is 6.10 Å². The molecule has 2 aliphatic carbocycles. The summed E-state index contributed by atoms with van der Waals surface area (Å²) in [7, 11) is 0. The first-order chi connectivity index (χ1) is 8.65. The maximum atomic E-state index is 10.5. The normalized spacial score (nSPS) is 43.0. The second kappa shape index (κ2) is 4.77. The second-order valence-electron chi connectivity index (χ2n) is 6.76. The van der Waals surface area contributed by atoms with Crippen molar-refractivity contribution in [1.29, 1.82) is 0 Å². The van der Waals surface area contributed by atoms with E-state index in [1.54, 1.807) is 0 Å². The van der Waals surface area contributed by atoms with Gasteiger partial charge in [-0.05, 0) is 38.0 Å². The lowest BCUT2D eigenvalue weighted by Gasteiger charge is -2.53. The monoisotopic (exact) mass is 253 g/mol. The van der Waals surface area contributed by atoms with Crippen LogP contribution in [0.5, 0.6) is 0 Å². The maximum Gasteiger partial charge on any atom is 0.105 e. The molecule has 0 amide bonds. The van der Waals surface area contributed by atoms with E-state index in [0.717, 1.165) is 6.42 Å². The number of hydrogen-bond acceptors (Lipinski definition) is 3. The van der Waals surface area contributed by atoms with Crippen molar-refractivity contribution in [2.24, 2.45) is 5.41 Å². The molecular weight excluding hydrogens is 226 g/mol. The van der Waals surface area contributed by atoms with E-state index in [1.165, 1.54) is 44.9 Å². The molecule has 2 N–H and O–H groups in total. The molecule has 3 aliphatic rings. The molecule has 1 aliphatic heterocycles. The predicted molar refractivity (Wildman–Crippen MR) is 71.5 cm³/mol. The van der Waals surface area contributed by atoms with Crippen LogP contribution in [0.2, 0.25) is 0 Å². The van der Waals surface area contributed by atoms with Crippen LogP contribution in [0, 0.1) is 5.41 Å². The Balaban J connectivity index is 1.54. The molecule has 0 aromatic rings. The zero-order valence-corrected chi connectivity index (χ0v) is 11.6. The molecule has 18 heavy (non-hydrogen) atoms. The SMILES string of the molecule is CC1OCCC1(O)CNC1CCC12CCCCC2. The van der Waals surface area contributed by atoms with Crippen LogP contribution in [0.3, 0.4) is 0 Å². The number of ether oxygens (including phenoxy) is 1. The fourth-order valence-corrected chi connectivity index (χ4v) is 4.17. The van der Waals surface area contributed by atoms with Gasteiger partial charge < -0.3 is 15.2 Å². The van der Waals surface area contributed by atoms with E-state index in [1.807, 2.05) is 6.92 Å². The quantitative estimate of drug-likeness (QED) is 0.810. The summed E-state index contributed by atoms with van der Waals surface area (Å²) in [6.07, 6.45) is 10.5. The number of nitrogens with one attached hydrogen (secondary N) is 1. The Bertz CT molecular complexity index is 301. The van der Waals surface area contributed by atoms with E-state index < -0.39 is 5.60 Å². The van der Waals surface area contributed by atoms with Gasteiger partial charge in [-0.15, -0.1) is 0 Å². The average molecular weight is 253 g/mol. The molecule has 1 heterocycles. The minimum absolute atomic E-state index is 0.0209. The van der Waals surface area contributed by atoms with Gasteiger partial charge in [-0.25, -0.2) is 0 Å². The van der Waals surface area contributed by atoms with Gasteiger partial charge >= 0.3 is 0 Å². The van der Waals surface area contributed by atoms with Crippen molar-refractivity contribution in [3.63, 3.8) is 0 Å². The Morgan fingerprint density at radius 2 is 1.94 bits per heavy atom. The van der Waals surface area contributed by atoms with Crippen molar-refractivity contribution in [2.45, 2.75) is 76.0 Å². The molecule has 3 rings (SSSR count). The van der Waals surface area contributed by atoms with E-state index in [9.17, 15) is 5.11 Å². The topological polar surface area (TPSA) is 41.5 Å². The van der Waals surface area contributed by atoms with Crippen molar-refractivity contribution in [3.05, 3.63) is 0 Å². The van der Waals surface area contributed by atoms with Crippen LogP contribution in [-0.4, -0.2) is 36.0 Å². The summed E-state index contributed by atoms with van der Waals surface area (Å²) in [6.45, 7) is 3.40. The number of hydrogen-bond donors (Lipinski definition) is 2. The summed E-state index contributed by atoms with van der Waals surface area (Å²) < 4.78 is 5.50. The van der Waals surface area contributed by atoms with Gasteiger partial charge in [-0.3, -0.25) is 0 Å². The fourth-order valence-electron chi connectivity index (χ4n) is 4.17. The fraction of sp³-hybridized carbons (Fsp3) is 1.00. The Labute approximate surface area is 110 Å². The summed E-state index contributed by atoms with van der Waals surface area (Å²) in [5.41, 5.74) is -0.0528. The third-order valence-corrected chi connectivity index (χ3v) is 5.83. The van der Waals surface area contributed by atoms with Crippen molar-refractivity contribution in [3.8, 4) is 0 Å². The van der Waals surface area contributed by atoms with E-state index in [2.05, 4.69) is 5.32 Å². The molecule has 104 valence electrons. The highest BCUT2D eigenvalue weighted by Crippen LogP contribution is 2.51. The van der Waals surface area contributed by atoms with E-state index >= 15 is 0 Å². The standard InChI is InChI=1S/C15H27NO2/c1-12-15(17,9-10-18-12)11-16-13-5-8-14(13)6-3-2-4-7-14/h12-13,16-17H,2-11H2,1H3. The Hall–Kier alpha value is -0.120. The third kappa shape index (κ3) is 2.10. The lowest BCUT2D eigenvalue weighted by molar-refractivity contribution is -0.0432. The van der Waals surface area contributed by atoms with Gasteiger partial charge in [0, 0.05) is 25.6 Å². The van der Waals surface area contributed by atoms with E-state index in [0.29, 0.717) is 24.6 Å². The van der Waals surface area contributed by atoms with Crippen LogP contribution < -0.4 is 5.32 Å². The third-order valence-electron chi connectivity index (χ3n) is 5.83. The highest BCUT2D eigenvalue weighted by atomic mass is 16.5. The molecule has 2 saturated carbocycles. The second-order valence-corrected chi connectivity index (χ2v) is 6.76. The molecular formula is C15H27NO2. The zero-order chi connectivity index (χ0) is 12.6. The Kier molecular flexibility index (Phi) is 3.41. The van der Waals surface area contributed by atoms with Crippen LogP contribution in [0.25, 0.3) is 0 Å². The Morgan fingerprint density at radius 3 is 2.50 bits per heavy atom. The molecule has 0 aromatic carbocycles. The van der Waals surface area contributed by atoms with Crippen molar-refractivity contribution in [1.82, 2.24) is 5.32 Å². The number of aliphatic hydroxyl groups is 1. The van der Waals surface area contributed by atoms with Crippen LogP contribution in [0.15, 0.2) is 0 Å². The lowest BCUT2D eigenvalue weighted by atomic mass is 9.57. The smallest absolute Gasteiger partial charge is 0.105 e. The molecule has 3 heteroatoms. The summed E-state index contributed by atoms with van der Waals surface area (Å²) in [6, 6.07) is 0.648. The molecule has 1 spiro atoms. The van der Waals surface area contributed by atoms with Crippen molar-refractivity contribution < 1.29 is 9.84 Å². The molecule has 0 radical (unpaired) electrons. The molecule has 3 unspecified atom stereocenters. The first kappa shape index (κ1) is 12.9. The minimum atomic E-state index is -0.633. The van der Waals surface area contributed by atoms with Crippen molar-refractivity contribution >= 4 is 0 Å². The van der Waals surface area contributed by atoms with Crippen LogP contribution in [0.1, 0.15) is 58.3 Å². The molecule has 3 nitrogen and oxygen atoms in total. The van der Waals surface area contributed by atoms with Crippen LogP contribution >= 0.6 is 0 Å². The molecule has 3 fully saturated rings. The molecule has 1 saturated heterocycles. The summed E-state index contributed by atoms with van der Waals surface area (Å²) in [5, 5.41) is 14.2. The zero-order valence-electron chi connectivity index (χ0n) is 11.6. The highest BCUT2D eigenvalue weighted by Gasteiger charge is 2.48. The first-order valence-corrected chi connectivity index (χ1v) is 7.72. The van der Waals surface area contributed by atoms with Gasteiger partial charge in [0.15, 0.2) is 0 Å². The van der Waals surface area contributed by atoms with E-state index in [4.69, 9.17) is 4.74 Å². The predicted octanol–water partition coefficient (Wildman–Crippen LogP) is 2.23. The van der Waals surface area contributed by atoms with Gasteiger partial charge in [0.25, 0.3) is 0 Å². The summed E-state index contributed by atoms with van der Waals surface area (Å²) >= 11 is 0. The maximum absolute atomic E-state index is 10.5. The first-order valence-electron chi connectivity index (χ1n) is 7.72. The van der Waals surface area contributed by atoms with Crippen LogP contribution in [0.4, 0.5) is 0 Å². The van der Waals surface area contributed by atoms with Crippen LogP contribution in [-0.2, 0) is 4.74 Å². The molecule has 0 aromatic heterocycles. The minimum Gasteiger partial charge on any atom is -0.386 e. The van der Waals surface area contributed by atoms with Gasteiger partial charge in [-0.1, -0.05) is 19.3 Å². The number of rotatable bonds is 3.